The minimum Gasteiger partial charge on any atom is -0.381 e. The molecule has 0 saturated carbocycles. The van der Waals surface area contributed by atoms with E-state index >= 15 is 0 Å². The van der Waals surface area contributed by atoms with Gasteiger partial charge in [0.1, 0.15) is 21.7 Å². The molecule has 0 saturated heterocycles. The van der Waals surface area contributed by atoms with Gasteiger partial charge in [-0.2, -0.15) is 0 Å². The van der Waals surface area contributed by atoms with Crippen LogP contribution in [0.15, 0.2) is 162 Å². The average Bonchev–Trinajstić information content (AvgIpc) is 4.35. The molecule has 6 N–H and O–H groups in total. The molecule has 8 heterocycles. The molecule has 0 spiro atoms. The number of nitrogens with two attached hydrogens (primary N) is 2. The van der Waals surface area contributed by atoms with E-state index < -0.39 is 23.9 Å². The van der Waals surface area contributed by atoms with Crippen LogP contribution < -0.4 is 33.2 Å². The maximum absolute atomic E-state index is 14.7. The average molecular weight is 1090 g/mol. The topological polar surface area (TPSA) is 245 Å². The second-order valence-corrected chi connectivity index (χ2v) is 20.4. The van der Waals surface area contributed by atoms with Crippen LogP contribution in [0.3, 0.4) is 0 Å². The molecule has 2 unspecified atom stereocenters. The van der Waals surface area contributed by atoms with Crippen LogP contribution in [0.5, 0.6) is 0 Å². The van der Waals surface area contributed by atoms with Crippen LogP contribution in [0.2, 0.25) is 0 Å². The van der Waals surface area contributed by atoms with Crippen LogP contribution in [-0.2, 0) is 6.54 Å². The number of aryl methyl sites for hydroxylation is 2. The Balaban J connectivity index is 0.788. The molecule has 20 heteroatoms. The molecule has 396 valence electrons. The molecule has 0 radical (unpaired) electrons. The number of fused-ring (bicyclic) bond motifs is 4. The molecule has 8 aromatic heterocycles. The molecule has 0 aliphatic heterocycles. The maximum atomic E-state index is 14.7. The van der Waals surface area contributed by atoms with E-state index in [4.69, 9.17) is 11.5 Å². The first-order chi connectivity index (χ1) is 39.3. The molecule has 0 bridgehead atoms. The van der Waals surface area contributed by atoms with Gasteiger partial charge in [0.25, 0.3) is 22.9 Å². The molecule has 81 heavy (non-hydrogen) atoms. The number of anilines is 2. The van der Waals surface area contributed by atoms with Crippen molar-refractivity contribution >= 4 is 67.6 Å². The fourth-order valence-electron chi connectivity index (χ4n) is 10.0. The van der Waals surface area contributed by atoms with Crippen molar-refractivity contribution in [2.75, 3.05) is 11.5 Å². The quantitative estimate of drug-likeness (QED) is 0.0966. The number of aromatic nitrogens is 11. The van der Waals surface area contributed by atoms with E-state index in [1.54, 1.807) is 72.4 Å². The van der Waals surface area contributed by atoms with Crippen molar-refractivity contribution in [1.82, 2.24) is 63.5 Å². The van der Waals surface area contributed by atoms with E-state index in [-0.39, 0.29) is 39.5 Å². The van der Waals surface area contributed by atoms with E-state index in [0.29, 0.717) is 73.3 Å². The monoisotopic (exact) mass is 1090 g/mol. The smallest absolute Gasteiger partial charge is 0.264 e. The lowest BCUT2D eigenvalue weighted by Gasteiger charge is -2.21. The summed E-state index contributed by atoms with van der Waals surface area (Å²) < 4.78 is 7.92. The van der Waals surface area contributed by atoms with Crippen LogP contribution in [0.4, 0.5) is 11.6 Å². The number of benzene rings is 4. The summed E-state index contributed by atoms with van der Waals surface area (Å²) in [5.74, 6) is 11.8. The van der Waals surface area contributed by atoms with Gasteiger partial charge in [-0.15, -0.1) is 21.5 Å². The van der Waals surface area contributed by atoms with Gasteiger partial charge < -0.3 is 26.7 Å². The minimum atomic E-state index is -0.689. The molecular weight excluding hydrogens is 1040 g/mol. The number of carbonyl (C=O) groups is 2. The van der Waals surface area contributed by atoms with Crippen LogP contribution in [0.1, 0.15) is 96.0 Å². The lowest BCUT2D eigenvalue weighted by atomic mass is 10.0. The summed E-state index contributed by atoms with van der Waals surface area (Å²) in [6, 6.07) is 33.5. The molecule has 0 fully saturated rings. The zero-order valence-electron chi connectivity index (χ0n) is 43.9. The van der Waals surface area contributed by atoms with Gasteiger partial charge in [0.05, 0.1) is 46.4 Å². The molecule has 0 aliphatic carbocycles. The SMILES string of the molecule is Cc1nc(C)c(C#Cc2cccc3cc(C(C)NC(=O)c4c(N)nn5cc(Cn6cnc(C#Cc7cccc8cc(C(C)NC(=O)c9c(N)nn%10cccnc9%10)n(-c9ccccc9)c(=O)c78)c6)cnc45)n(-c4ccccc4)c(=O)c23)s1. The number of nitrogens with one attached hydrogen (secondary N) is 2. The van der Waals surface area contributed by atoms with Crippen LogP contribution in [0.25, 0.3) is 44.2 Å². The second kappa shape index (κ2) is 20.8. The third kappa shape index (κ3) is 9.57. The third-order valence-electron chi connectivity index (χ3n) is 13.7. The first-order valence-electron chi connectivity index (χ1n) is 25.6. The zero-order chi connectivity index (χ0) is 56.1. The van der Waals surface area contributed by atoms with Crippen molar-refractivity contribution in [2.24, 2.45) is 0 Å². The highest BCUT2D eigenvalue weighted by Gasteiger charge is 2.26. The van der Waals surface area contributed by atoms with Gasteiger partial charge in [-0.05, 0) is 105 Å². The lowest BCUT2D eigenvalue weighted by Crippen LogP contribution is -2.32. The highest BCUT2D eigenvalue weighted by molar-refractivity contribution is 7.12. The van der Waals surface area contributed by atoms with Crippen molar-refractivity contribution < 1.29 is 9.59 Å². The van der Waals surface area contributed by atoms with Gasteiger partial charge in [-0.25, -0.2) is 29.0 Å². The van der Waals surface area contributed by atoms with Gasteiger partial charge in [0.15, 0.2) is 22.9 Å². The first kappa shape index (κ1) is 50.8. The molecule has 19 nitrogen and oxygen atoms in total. The molecule has 2 amide bonds. The Hall–Kier alpha value is -11.0. The number of hydrogen-bond acceptors (Lipinski definition) is 13. The molecule has 4 aromatic carbocycles. The Morgan fingerprint density at radius 2 is 1.20 bits per heavy atom. The van der Waals surface area contributed by atoms with Gasteiger partial charge in [0, 0.05) is 70.4 Å². The normalized spacial score (nSPS) is 12.0. The Labute approximate surface area is 465 Å². The summed E-state index contributed by atoms with van der Waals surface area (Å²) in [6.07, 6.45) is 9.99. The number of imidazole rings is 1. The van der Waals surface area contributed by atoms with Gasteiger partial charge in [-0.3, -0.25) is 28.3 Å². The van der Waals surface area contributed by atoms with E-state index in [1.807, 2.05) is 122 Å². The van der Waals surface area contributed by atoms with Crippen molar-refractivity contribution in [1.29, 1.82) is 0 Å². The molecule has 12 aromatic rings. The van der Waals surface area contributed by atoms with Crippen molar-refractivity contribution in [2.45, 2.75) is 46.3 Å². The van der Waals surface area contributed by atoms with Gasteiger partial charge in [0.2, 0.25) is 0 Å². The number of nitrogen functional groups attached to an aromatic ring is 2. The molecular formula is C61H47N15O4S. The number of thiazole rings is 1. The maximum Gasteiger partial charge on any atom is 0.264 e. The summed E-state index contributed by atoms with van der Waals surface area (Å²) in [7, 11) is 0. The minimum absolute atomic E-state index is 0.0254. The summed E-state index contributed by atoms with van der Waals surface area (Å²) >= 11 is 1.51. The number of amides is 2. The number of hydrogen-bond donors (Lipinski definition) is 4. The number of nitrogens with zero attached hydrogens (tertiary/aromatic N) is 11. The Bertz CT molecular complexity index is 4780. The number of pyridine rings is 2. The van der Waals surface area contributed by atoms with Crippen LogP contribution >= 0.6 is 11.3 Å². The van der Waals surface area contributed by atoms with Gasteiger partial charge >= 0.3 is 0 Å². The van der Waals surface area contributed by atoms with Crippen molar-refractivity contribution in [3.8, 4) is 35.1 Å². The van der Waals surface area contributed by atoms with E-state index in [9.17, 15) is 19.2 Å². The van der Waals surface area contributed by atoms with E-state index in [2.05, 4.69) is 64.4 Å². The zero-order valence-corrected chi connectivity index (χ0v) is 44.7. The fourth-order valence-corrected chi connectivity index (χ4v) is 10.8. The molecule has 2 atom stereocenters. The van der Waals surface area contributed by atoms with Crippen molar-refractivity contribution in [3.63, 3.8) is 0 Å². The van der Waals surface area contributed by atoms with Crippen LogP contribution in [-0.4, -0.2) is 64.7 Å². The first-order valence-corrected chi connectivity index (χ1v) is 26.4. The Morgan fingerprint density at radius 3 is 1.77 bits per heavy atom. The van der Waals surface area contributed by atoms with Crippen LogP contribution in [0, 0.1) is 37.5 Å². The number of para-hydroxylation sites is 2. The Morgan fingerprint density at radius 1 is 0.642 bits per heavy atom. The summed E-state index contributed by atoms with van der Waals surface area (Å²) in [5, 5.41) is 17.8. The Kier molecular flexibility index (Phi) is 13.0. The highest BCUT2D eigenvalue weighted by atomic mass is 32.1. The highest BCUT2D eigenvalue weighted by Crippen LogP contribution is 2.28. The van der Waals surface area contributed by atoms with Gasteiger partial charge in [-0.1, -0.05) is 72.5 Å². The number of carbonyl (C=O) groups excluding carboxylic acids is 2. The largest absolute Gasteiger partial charge is 0.381 e. The second-order valence-electron chi connectivity index (χ2n) is 19.2. The third-order valence-corrected chi connectivity index (χ3v) is 14.7. The summed E-state index contributed by atoms with van der Waals surface area (Å²) in [5.41, 5.74) is 18.2. The predicted molar refractivity (Wildman–Crippen MR) is 311 cm³/mol. The lowest BCUT2D eigenvalue weighted by molar-refractivity contribution is 0.0932. The summed E-state index contributed by atoms with van der Waals surface area (Å²) in [4.78, 5) is 76.2. The summed E-state index contributed by atoms with van der Waals surface area (Å²) in [6.45, 7) is 7.77. The molecule has 0 aliphatic rings. The molecule has 12 rings (SSSR count). The van der Waals surface area contributed by atoms with Crippen molar-refractivity contribution in [3.05, 3.63) is 234 Å². The van der Waals surface area contributed by atoms with E-state index in [1.165, 1.54) is 20.4 Å². The van der Waals surface area contributed by atoms with E-state index in [0.717, 1.165) is 21.1 Å². The fraction of sp³-hybridized carbons (Fsp3) is 0.115. The standard InChI is InChI=1S/C61H47N15O4S/c1-35(68-58(77)52-54(62)70-73-27-13-26-64-56(52)73)47-28-42-16-11-14-40(50(42)60(79)75(47)45-18-7-5-8-19-45)22-24-44-33-72(34-66-44)31-39-30-65-57-53(55(63)71-74(57)32-39)59(78)69-36(2)48-29-43-17-12-15-41(23-25-49-37(3)67-38(4)81-49)51(43)61(80)76(48)46-20-9-6-10-21-46/h5-21,26-30,32-36H,31H2,1-4H3,(H2,62,70)(H2,63,71)(H,68,77)(H,69,78). The number of rotatable bonds is 10. The predicted octanol–water partition coefficient (Wildman–Crippen LogP) is 7.64.